The molecule has 2 N–H and O–H groups in total. The van der Waals surface area contributed by atoms with Crippen LogP contribution >= 0.6 is 23.7 Å². The summed E-state index contributed by atoms with van der Waals surface area (Å²) in [7, 11) is 0. The summed E-state index contributed by atoms with van der Waals surface area (Å²) in [5, 5.41) is 14.9. The van der Waals surface area contributed by atoms with Gasteiger partial charge in [-0.2, -0.15) is 13.2 Å². The van der Waals surface area contributed by atoms with E-state index in [9.17, 15) is 18.0 Å². The van der Waals surface area contributed by atoms with Crippen LogP contribution in [0.4, 0.5) is 23.7 Å². The third-order valence-corrected chi connectivity index (χ3v) is 7.22. The Morgan fingerprint density at radius 2 is 1.87 bits per heavy atom. The number of alkyl halides is 3. The van der Waals surface area contributed by atoms with Gasteiger partial charge in [0.25, 0.3) is 0 Å². The van der Waals surface area contributed by atoms with Crippen LogP contribution in [-0.4, -0.2) is 62.9 Å². The molecule has 0 aliphatic carbocycles. The van der Waals surface area contributed by atoms with Crippen molar-refractivity contribution in [1.29, 1.82) is 0 Å². The molecule has 13 heteroatoms. The molecular formula is C25H27ClF3N7OS. The van der Waals surface area contributed by atoms with Crippen molar-refractivity contribution in [2.75, 3.05) is 31.5 Å². The van der Waals surface area contributed by atoms with Crippen molar-refractivity contribution in [2.24, 2.45) is 0 Å². The lowest BCUT2D eigenvalue weighted by Gasteiger charge is -2.25. The Hall–Kier alpha value is -3.22. The highest BCUT2D eigenvalue weighted by Crippen LogP contribution is 2.28. The van der Waals surface area contributed by atoms with Gasteiger partial charge in [-0.25, -0.2) is 9.78 Å². The normalized spacial score (nSPS) is 14.3. The SMILES string of the molecule is Cl.O=C(NCC(F)(F)F)Nc1cccc(-c2cnc3cc(-c4nnc(CCN5CCCCC5)s4)ccn23)c1. The van der Waals surface area contributed by atoms with Gasteiger partial charge in [0.15, 0.2) is 0 Å². The van der Waals surface area contributed by atoms with Crippen molar-refractivity contribution in [1.82, 2.24) is 29.8 Å². The number of hydrogen-bond donors (Lipinski definition) is 2. The molecule has 1 fully saturated rings. The molecule has 4 aromatic rings. The Balaban J connectivity index is 0.00000336. The van der Waals surface area contributed by atoms with Crippen LogP contribution in [-0.2, 0) is 6.42 Å². The molecule has 5 rings (SSSR count). The summed E-state index contributed by atoms with van der Waals surface area (Å²) in [5.41, 5.74) is 3.56. The smallest absolute Gasteiger partial charge is 0.329 e. The zero-order valence-electron chi connectivity index (χ0n) is 20.4. The number of hydrogen-bond acceptors (Lipinski definition) is 6. The molecule has 4 heterocycles. The average molecular weight is 566 g/mol. The molecule has 3 aromatic heterocycles. The molecule has 8 nitrogen and oxygen atoms in total. The number of likely N-dealkylation sites (tertiary alicyclic amines) is 1. The number of nitrogens with zero attached hydrogens (tertiary/aromatic N) is 5. The number of halogens is 4. The number of urea groups is 1. The van der Waals surface area contributed by atoms with Crippen LogP contribution in [0.3, 0.4) is 0 Å². The van der Waals surface area contributed by atoms with E-state index in [1.165, 1.54) is 19.3 Å². The minimum Gasteiger partial charge on any atom is -0.329 e. The molecule has 2 amide bonds. The summed E-state index contributed by atoms with van der Waals surface area (Å²) in [6.07, 6.45) is 3.90. The molecule has 38 heavy (non-hydrogen) atoms. The first-order chi connectivity index (χ1) is 17.8. The summed E-state index contributed by atoms with van der Waals surface area (Å²) in [4.78, 5) is 18.8. The first-order valence-electron chi connectivity index (χ1n) is 12.1. The number of anilines is 1. The maximum atomic E-state index is 12.3. The second-order valence-electron chi connectivity index (χ2n) is 8.94. The molecule has 1 aliphatic heterocycles. The lowest BCUT2D eigenvalue weighted by atomic mass is 10.1. The van der Waals surface area contributed by atoms with Gasteiger partial charge in [-0.15, -0.1) is 22.6 Å². The first kappa shape index (κ1) is 27.8. The Bertz CT molecular complexity index is 1380. The van der Waals surface area contributed by atoms with Crippen LogP contribution in [0.1, 0.15) is 24.3 Å². The molecule has 0 atom stereocenters. The second kappa shape index (κ2) is 12.1. The molecule has 0 saturated carbocycles. The van der Waals surface area contributed by atoms with Gasteiger partial charge in [-0.05, 0) is 50.2 Å². The van der Waals surface area contributed by atoms with Crippen LogP contribution in [0.25, 0.3) is 27.5 Å². The highest BCUT2D eigenvalue weighted by Gasteiger charge is 2.27. The number of imidazole rings is 1. The third kappa shape index (κ3) is 7.00. The van der Waals surface area contributed by atoms with Gasteiger partial charge in [-0.1, -0.05) is 29.9 Å². The molecular weight excluding hydrogens is 539 g/mol. The number of carbonyl (C=O) groups is 1. The number of fused-ring (bicyclic) bond motifs is 1. The first-order valence-corrected chi connectivity index (χ1v) is 12.9. The van der Waals surface area contributed by atoms with Gasteiger partial charge in [0.2, 0.25) is 0 Å². The standard InChI is InChI=1S/C25H26F3N7OS.ClH/c26-25(27,28)16-30-24(36)31-19-6-4-5-17(13-19)20-15-29-21-14-18(7-12-35(20)21)23-33-32-22(37-23)8-11-34-9-2-1-3-10-34;/h4-7,12-15H,1-3,8-11,16H2,(H2,30,31,36);1H. The maximum Gasteiger partial charge on any atom is 0.405 e. The largest absolute Gasteiger partial charge is 0.405 e. The Kier molecular flexibility index (Phi) is 8.85. The van der Waals surface area contributed by atoms with E-state index >= 15 is 0 Å². The summed E-state index contributed by atoms with van der Waals surface area (Å²) in [5.74, 6) is 0. The fourth-order valence-electron chi connectivity index (χ4n) is 4.35. The highest BCUT2D eigenvalue weighted by molar-refractivity contribution is 7.14. The second-order valence-corrected chi connectivity index (χ2v) is 10.0. The molecule has 0 radical (unpaired) electrons. The molecule has 202 valence electrons. The highest BCUT2D eigenvalue weighted by atomic mass is 35.5. The van der Waals surface area contributed by atoms with E-state index < -0.39 is 18.8 Å². The van der Waals surface area contributed by atoms with Crippen molar-refractivity contribution < 1.29 is 18.0 Å². The average Bonchev–Trinajstić information content (AvgIpc) is 3.54. The van der Waals surface area contributed by atoms with Crippen molar-refractivity contribution in [3.8, 4) is 21.8 Å². The minimum absolute atomic E-state index is 0. The molecule has 0 spiro atoms. The van der Waals surface area contributed by atoms with E-state index in [1.54, 1.807) is 41.0 Å². The summed E-state index contributed by atoms with van der Waals surface area (Å²) in [6, 6.07) is 9.83. The Labute approximate surface area is 227 Å². The van der Waals surface area contributed by atoms with Crippen LogP contribution in [0.15, 0.2) is 48.8 Å². The van der Waals surface area contributed by atoms with Gasteiger partial charge in [0, 0.05) is 36.0 Å². The number of benzene rings is 1. The van der Waals surface area contributed by atoms with E-state index in [0.29, 0.717) is 5.69 Å². The van der Waals surface area contributed by atoms with Gasteiger partial charge < -0.3 is 15.5 Å². The number of carbonyl (C=O) groups excluding carboxylic acids is 1. The van der Waals surface area contributed by atoms with Crippen molar-refractivity contribution in [3.63, 3.8) is 0 Å². The predicted octanol–water partition coefficient (Wildman–Crippen LogP) is 5.65. The van der Waals surface area contributed by atoms with Crippen LogP contribution < -0.4 is 10.6 Å². The minimum atomic E-state index is -4.47. The third-order valence-electron chi connectivity index (χ3n) is 6.18. The fourth-order valence-corrected chi connectivity index (χ4v) is 5.17. The molecule has 1 aliphatic rings. The van der Waals surface area contributed by atoms with Crippen molar-refractivity contribution in [3.05, 3.63) is 53.8 Å². The zero-order valence-corrected chi connectivity index (χ0v) is 22.0. The number of pyridine rings is 1. The quantitative estimate of drug-likeness (QED) is 0.302. The predicted molar refractivity (Wildman–Crippen MR) is 144 cm³/mol. The number of aromatic nitrogens is 4. The maximum absolute atomic E-state index is 12.3. The van der Waals surface area contributed by atoms with E-state index in [2.05, 4.69) is 25.4 Å². The van der Waals surface area contributed by atoms with Gasteiger partial charge in [0.05, 0.1) is 11.9 Å². The fraction of sp³-hybridized carbons (Fsp3) is 0.360. The Morgan fingerprint density at radius 3 is 2.66 bits per heavy atom. The lowest BCUT2D eigenvalue weighted by molar-refractivity contribution is -0.122. The van der Waals surface area contributed by atoms with Gasteiger partial charge >= 0.3 is 12.2 Å². The molecule has 1 saturated heterocycles. The summed E-state index contributed by atoms with van der Waals surface area (Å²) < 4.78 is 38.9. The topological polar surface area (TPSA) is 87.4 Å². The van der Waals surface area contributed by atoms with E-state index in [4.69, 9.17) is 0 Å². The van der Waals surface area contributed by atoms with Crippen molar-refractivity contribution >= 4 is 41.1 Å². The monoisotopic (exact) mass is 565 g/mol. The summed E-state index contributed by atoms with van der Waals surface area (Å²) in [6.45, 7) is 1.93. The van der Waals surface area contributed by atoms with Crippen LogP contribution in [0.2, 0.25) is 0 Å². The van der Waals surface area contributed by atoms with E-state index in [1.807, 2.05) is 28.8 Å². The number of nitrogens with one attached hydrogen (secondary N) is 2. The van der Waals surface area contributed by atoms with Gasteiger partial charge in [0.1, 0.15) is 22.2 Å². The summed E-state index contributed by atoms with van der Waals surface area (Å²) >= 11 is 1.60. The van der Waals surface area contributed by atoms with Crippen LogP contribution in [0, 0.1) is 0 Å². The lowest BCUT2D eigenvalue weighted by Crippen LogP contribution is -2.36. The number of rotatable bonds is 7. The van der Waals surface area contributed by atoms with E-state index in [0.717, 1.165) is 58.5 Å². The van der Waals surface area contributed by atoms with E-state index in [-0.39, 0.29) is 12.4 Å². The zero-order chi connectivity index (χ0) is 25.8. The van der Waals surface area contributed by atoms with Crippen LogP contribution in [0.5, 0.6) is 0 Å². The Morgan fingerprint density at radius 1 is 1.05 bits per heavy atom. The molecule has 1 aromatic carbocycles. The van der Waals surface area contributed by atoms with Gasteiger partial charge in [-0.3, -0.25) is 4.40 Å². The number of piperidine rings is 1. The number of amides is 2. The molecule has 0 bridgehead atoms. The molecule has 0 unspecified atom stereocenters. The van der Waals surface area contributed by atoms with Crippen molar-refractivity contribution in [2.45, 2.75) is 31.9 Å².